The van der Waals surface area contributed by atoms with E-state index in [1.807, 2.05) is 0 Å². The maximum absolute atomic E-state index is 11.7. The number of ketones is 3. The van der Waals surface area contributed by atoms with Crippen LogP contribution in [0.1, 0.15) is 14.2 Å². The van der Waals surface area contributed by atoms with Crippen molar-refractivity contribution >= 4 is 17.3 Å². The van der Waals surface area contributed by atoms with Gasteiger partial charge in [0.25, 0.3) is 0 Å². The lowest BCUT2D eigenvalue weighted by atomic mass is 9.82. The van der Waals surface area contributed by atoms with Gasteiger partial charge in [-0.25, -0.2) is 0 Å². The number of rotatable bonds is 3. The van der Waals surface area contributed by atoms with Crippen LogP contribution >= 0.6 is 0 Å². The Morgan fingerprint density at radius 1 is 1.19 bits per heavy atom. The number of aliphatic hydroxyl groups excluding tert-OH is 3. The minimum atomic E-state index is -2.67. The molecule has 1 aliphatic heterocycles. The zero-order valence-corrected chi connectivity index (χ0v) is 10.9. The molecule has 0 amide bonds. The summed E-state index contributed by atoms with van der Waals surface area (Å²) < 4.78 is 12.5. The number of carbonyl (C=O) groups is 3. The lowest BCUT2D eigenvalue weighted by Gasteiger charge is -2.40. The minimum absolute atomic E-state index is 0.127. The largest absolute Gasteiger partial charge is 0.394 e. The Morgan fingerprint density at radius 2 is 1.86 bits per heavy atom. The molecule has 0 aromatic heterocycles. The van der Waals surface area contributed by atoms with Gasteiger partial charge in [-0.1, -0.05) is 0 Å². The van der Waals surface area contributed by atoms with Gasteiger partial charge in [0.2, 0.25) is 11.6 Å². The summed E-state index contributed by atoms with van der Waals surface area (Å²) in [6.07, 6.45) is -7.47. The van der Waals surface area contributed by atoms with Crippen LogP contribution in [0.3, 0.4) is 0 Å². The van der Waals surface area contributed by atoms with Crippen LogP contribution in [-0.2, 0) is 19.1 Å². The summed E-state index contributed by atoms with van der Waals surface area (Å²) in [5.74, 6) is -3.80. The summed E-state index contributed by atoms with van der Waals surface area (Å²) in [5.41, 5.74) is -0.127. The van der Waals surface area contributed by atoms with Crippen LogP contribution in [0.25, 0.3) is 0 Å². The maximum Gasteiger partial charge on any atom is 0.222 e. The minimum Gasteiger partial charge on any atom is -0.394 e. The van der Waals surface area contributed by atoms with E-state index in [-0.39, 0.29) is 5.57 Å². The second kappa shape index (κ2) is 6.12. The van der Waals surface area contributed by atoms with E-state index in [9.17, 15) is 29.7 Å². The van der Waals surface area contributed by atoms with Crippen molar-refractivity contribution in [3.05, 3.63) is 11.6 Å². The molecule has 1 aliphatic carbocycles. The summed E-state index contributed by atoms with van der Waals surface area (Å²) in [6, 6.07) is 0. The summed E-state index contributed by atoms with van der Waals surface area (Å²) in [7, 11) is 0. The van der Waals surface area contributed by atoms with Crippen molar-refractivity contribution in [3.8, 4) is 0 Å². The van der Waals surface area contributed by atoms with Crippen LogP contribution < -0.4 is 0 Å². The molecule has 2 aliphatic rings. The molecule has 1 saturated heterocycles. The van der Waals surface area contributed by atoms with E-state index in [1.165, 1.54) is 0 Å². The lowest BCUT2D eigenvalue weighted by molar-refractivity contribution is -0.269. The number of carbonyl (C=O) groups excluding carboxylic acids is 3. The molecular weight excluding hydrogens is 284 g/mol. The predicted molar refractivity (Wildman–Crippen MR) is 65.8 cm³/mol. The Hall–Kier alpha value is -1.45. The van der Waals surface area contributed by atoms with E-state index in [2.05, 4.69) is 0 Å². The van der Waals surface area contributed by atoms with E-state index < -0.39 is 67.3 Å². The van der Waals surface area contributed by atoms with Gasteiger partial charge in [0.15, 0.2) is 12.0 Å². The van der Waals surface area contributed by atoms with Crippen LogP contribution in [0, 0.1) is 5.92 Å². The van der Waals surface area contributed by atoms with E-state index in [4.69, 9.17) is 11.2 Å². The average molecular weight is 301 g/mol. The monoisotopic (exact) mass is 301 g/mol. The highest BCUT2D eigenvalue weighted by atomic mass is 16.6. The molecule has 5 atom stereocenters. The van der Waals surface area contributed by atoms with Crippen molar-refractivity contribution in [3.63, 3.8) is 0 Å². The Bertz CT molecular complexity index is 540. The van der Waals surface area contributed by atoms with Crippen molar-refractivity contribution in [2.45, 2.75) is 37.4 Å². The standard InChI is InChI=1S/C13H16O8/c14-4-10-12(19)11(18)6(13(20)21-10)1-5-2-8(16)9(17)3-7(5)15/h2,6,10-14,18-20H,1,3-4H2/t6-,10-,11-,12-,13?/m1/s1/i13D. The Labute approximate surface area is 121 Å². The first kappa shape index (κ1) is 14.5. The number of hydrogen-bond acceptors (Lipinski definition) is 8. The summed E-state index contributed by atoms with van der Waals surface area (Å²) in [5, 5.41) is 38.7. The molecular formula is C13H16O8. The van der Waals surface area contributed by atoms with Crippen molar-refractivity contribution < 1.29 is 40.9 Å². The van der Waals surface area contributed by atoms with Gasteiger partial charge in [-0.2, -0.15) is 0 Å². The van der Waals surface area contributed by atoms with E-state index in [1.54, 1.807) is 0 Å². The molecule has 0 aromatic rings. The molecule has 1 unspecified atom stereocenters. The highest BCUT2D eigenvalue weighted by Gasteiger charge is 2.44. The second-order valence-electron chi connectivity index (χ2n) is 5.03. The summed E-state index contributed by atoms with van der Waals surface area (Å²) in [4.78, 5) is 34.2. The highest BCUT2D eigenvalue weighted by Crippen LogP contribution is 2.31. The van der Waals surface area contributed by atoms with Gasteiger partial charge in [0.1, 0.15) is 12.2 Å². The van der Waals surface area contributed by atoms with Crippen LogP contribution in [0.15, 0.2) is 11.6 Å². The zero-order valence-electron chi connectivity index (χ0n) is 11.9. The van der Waals surface area contributed by atoms with E-state index in [0.717, 1.165) is 6.08 Å². The van der Waals surface area contributed by atoms with Crippen molar-refractivity contribution in [1.29, 1.82) is 0 Å². The molecule has 1 heterocycles. The van der Waals surface area contributed by atoms with E-state index in [0.29, 0.717) is 0 Å². The average Bonchev–Trinajstić information content (AvgIpc) is 2.44. The van der Waals surface area contributed by atoms with Crippen LogP contribution in [0.2, 0.25) is 0 Å². The first-order valence-corrected chi connectivity index (χ1v) is 6.35. The molecule has 116 valence electrons. The summed E-state index contributed by atoms with van der Waals surface area (Å²) in [6.45, 7) is -0.721. The number of Topliss-reactive ketones (excluding diaryl/α,β-unsaturated/α-hetero) is 2. The molecule has 0 bridgehead atoms. The number of hydrogen-bond donors (Lipinski definition) is 4. The molecule has 0 spiro atoms. The van der Waals surface area contributed by atoms with Gasteiger partial charge in [-0.3, -0.25) is 14.4 Å². The zero-order chi connectivity index (χ0) is 16.7. The van der Waals surface area contributed by atoms with Gasteiger partial charge >= 0.3 is 0 Å². The second-order valence-corrected chi connectivity index (χ2v) is 5.03. The Balaban J connectivity index is 2.24. The fourth-order valence-electron chi connectivity index (χ4n) is 2.34. The first-order valence-electron chi connectivity index (χ1n) is 6.85. The fourth-order valence-corrected chi connectivity index (χ4v) is 2.34. The van der Waals surface area contributed by atoms with Crippen LogP contribution in [-0.4, -0.2) is 69.0 Å². The maximum atomic E-state index is 11.7. The summed E-state index contributed by atoms with van der Waals surface area (Å²) >= 11 is 0. The topological polar surface area (TPSA) is 141 Å². The third-order valence-corrected chi connectivity index (χ3v) is 3.61. The smallest absolute Gasteiger partial charge is 0.222 e. The number of ether oxygens (including phenoxy) is 1. The predicted octanol–water partition coefficient (Wildman–Crippen LogP) is -2.54. The number of allylic oxidation sites excluding steroid dienone is 2. The molecule has 0 radical (unpaired) electrons. The SMILES string of the molecule is [2H]C1(O)O[C@H](CO)[C@@H](O)[C@H](O)[C@H]1CC1=CC(=O)C(=O)CC1=O. The molecule has 8 heteroatoms. The molecule has 2 rings (SSSR count). The third kappa shape index (κ3) is 3.09. The van der Waals surface area contributed by atoms with Crippen LogP contribution in [0.4, 0.5) is 0 Å². The lowest BCUT2D eigenvalue weighted by Crippen LogP contribution is -2.55. The molecule has 0 aromatic carbocycles. The normalized spacial score (nSPS) is 41.8. The third-order valence-electron chi connectivity index (χ3n) is 3.61. The molecule has 4 N–H and O–H groups in total. The van der Waals surface area contributed by atoms with Crippen molar-refractivity contribution in [2.75, 3.05) is 6.61 Å². The van der Waals surface area contributed by atoms with Gasteiger partial charge < -0.3 is 25.2 Å². The van der Waals surface area contributed by atoms with Gasteiger partial charge in [-0.05, 0) is 12.5 Å². The van der Waals surface area contributed by atoms with Gasteiger partial charge in [0.05, 0.1) is 20.5 Å². The Kier molecular flexibility index (Phi) is 4.22. The highest BCUT2D eigenvalue weighted by molar-refractivity contribution is 6.48. The number of aliphatic hydroxyl groups is 4. The molecule has 8 nitrogen and oxygen atoms in total. The Morgan fingerprint density at radius 3 is 2.48 bits per heavy atom. The molecule has 1 fully saturated rings. The molecule has 0 saturated carbocycles. The van der Waals surface area contributed by atoms with Crippen LogP contribution in [0.5, 0.6) is 0 Å². The fraction of sp³-hybridized carbons (Fsp3) is 0.615. The van der Waals surface area contributed by atoms with Crippen molar-refractivity contribution in [2.24, 2.45) is 5.92 Å². The molecule has 21 heavy (non-hydrogen) atoms. The quantitative estimate of drug-likeness (QED) is 0.330. The van der Waals surface area contributed by atoms with Crippen molar-refractivity contribution in [1.82, 2.24) is 0 Å². The van der Waals surface area contributed by atoms with Gasteiger partial charge in [-0.15, -0.1) is 0 Å². The van der Waals surface area contributed by atoms with E-state index >= 15 is 0 Å². The van der Waals surface area contributed by atoms with Gasteiger partial charge in [0, 0.05) is 11.5 Å². The first-order chi connectivity index (χ1) is 10.2.